The van der Waals surface area contributed by atoms with Crippen molar-refractivity contribution in [3.8, 4) is 0 Å². The first-order chi connectivity index (χ1) is 9.63. The lowest BCUT2D eigenvalue weighted by atomic mass is 10.1. The van der Waals surface area contributed by atoms with Crippen LogP contribution >= 0.6 is 27.3 Å². The number of nitrogens with one attached hydrogen (secondary N) is 1. The first-order valence-electron chi connectivity index (χ1n) is 6.05. The summed E-state index contributed by atoms with van der Waals surface area (Å²) < 4.78 is 1.04. The molecule has 0 atom stereocenters. The number of aryl methyl sites for hydroxylation is 1. The maximum absolute atomic E-state index is 12.1. The first-order valence-corrected chi connectivity index (χ1v) is 7.72. The van der Waals surface area contributed by atoms with Crippen LogP contribution < -0.4 is 5.32 Å². The Kier molecular flexibility index (Phi) is 3.54. The van der Waals surface area contributed by atoms with E-state index in [2.05, 4.69) is 26.2 Å². The summed E-state index contributed by atoms with van der Waals surface area (Å²) in [6, 6.07) is 11.8. The summed E-state index contributed by atoms with van der Waals surface area (Å²) >= 11 is 4.99. The van der Waals surface area contributed by atoms with Crippen molar-refractivity contribution in [2.45, 2.75) is 6.92 Å². The molecule has 1 amide bonds. The van der Waals surface area contributed by atoms with Crippen molar-refractivity contribution in [3.63, 3.8) is 0 Å². The van der Waals surface area contributed by atoms with Gasteiger partial charge in [0.15, 0.2) is 0 Å². The standard InChI is InChI=1S/C15H11BrN2OS/c1-9-17-14(8-20-9)15(19)18-11-5-6-12-10(7-11)3-2-4-13(12)16/h2-8H,1H3,(H,18,19). The van der Waals surface area contributed by atoms with Crippen molar-refractivity contribution >= 4 is 49.6 Å². The fourth-order valence-electron chi connectivity index (χ4n) is 1.98. The third-order valence-corrected chi connectivity index (χ3v) is 4.40. The molecule has 0 radical (unpaired) electrons. The van der Waals surface area contributed by atoms with E-state index in [4.69, 9.17) is 0 Å². The average Bonchev–Trinajstić information content (AvgIpc) is 2.86. The van der Waals surface area contributed by atoms with Crippen LogP contribution in [0.1, 0.15) is 15.5 Å². The van der Waals surface area contributed by atoms with Crippen molar-refractivity contribution in [1.82, 2.24) is 4.98 Å². The van der Waals surface area contributed by atoms with Gasteiger partial charge in [0.2, 0.25) is 0 Å². The lowest BCUT2D eigenvalue weighted by Gasteiger charge is -2.06. The molecule has 1 N–H and O–H groups in total. The molecule has 0 saturated carbocycles. The van der Waals surface area contributed by atoms with E-state index in [0.29, 0.717) is 5.69 Å². The van der Waals surface area contributed by atoms with Gasteiger partial charge in [-0.15, -0.1) is 11.3 Å². The molecule has 3 nitrogen and oxygen atoms in total. The molecule has 100 valence electrons. The van der Waals surface area contributed by atoms with E-state index >= 15 is 0 Å². The van der Waals surface area contributed by atoms with E-state index in [1.165, 1.54) is 11.3 Å². The molecule has 0 spiro atoms. The zero-order chi connectivity index (χ0) is 14.1. The Morgan fingerprint density at radius 3 is 2.90 bits per heavy atom. The van der Waals surface area contributed by atoms with Crippen LogP contribution in [0, 0.1) is 6.92 Å². The number of carbonyl (C=O) groups excluding carboxylic acids is 1. The number of aromatic nitrogens is 1. The highest BCUT2D eigenvalue weighted by Gasteiger charge is 2.10. The summed E-state index contributed by atoms with van der Waals surface area (Å²) in [5, 5.41) is 7.72. The maximum atomic E-state index is 12.1. The molecule has 0 aliphatic heterocycles. The predicted molar refractivity (Wildman–Crippen MR) is 86.5 cm³/mol. The highest BCUT2D eigenvalue weighted by molar-refractivity contribution is 9.10. The minimum absolute atomic E-state index is 0.177. The Labute approximate surface area is 128 Å². The number of benzene rings is 2. The van der Waals surface area contributed by atoms with Crippen LogP contribution in [-0.4, -0.2) is 10.9 Å². The number of rotatable bonds is 2. The Balaban J connectivity index is 1.89. The van der Waals surface area contributed by atoms with Crippen LogP contribution in [0.15, 0.2) is 46.3 Å². The number of amides is 1. The summed E-state index contributed by atoms with van der Waals surface area (Å²) in [6.45, 7) is 1.88. The van der Waals surface area contributed by atoms with Gasteiger partial charge in [0, 0.05) is 15.5 Å². The van der Waals surface area contributed by atoms with Gasteiger partial charge in [0.25, 0.3) is 5.91 Å². The van der Waals surface area contributed by atoms with Crippen LogP contribution in [0.4, 0.5) is 5.69 Å². The number of halogens is 1. The molecular weight excluding hydrogens is 336 g/mol. The highest BCUT2D eigenvalue weighted by Crippen LogP contribution is 2.26. The van der Waals surface area contributed by atoms with Crippen molar-refractivity contribution in [2.75, 3.05) is 5.32 Å². The third-order valence-electron chi connectivity index (χ3n) is 2.94. The minimum Gasteiger partial charge on any atom is -0.321 e. The predicted octanol–water partition coefficient (Wildman–Crippen LogP) is 4.62. The number of carbonyl (C=O) groups is 1. The summed E-state index contributed by atoms with van der Waals surface area (Å²) in [5.74, 6) is -0.177. The normalized spacial score (nSPS) is 10.7. The van der Waals surface area contributed by atoms with Gasteiger partial charge in [-0.3, -0.25) is 4.79 Å². The first kappa shape index (κ1) is 13.3. The Morgan fingerprint density at radius 1 is 1.30 bits per heavy atom. The number of nitrogens with zero attached hydrogens (tertiary/aromatic N) is 1. The molecule has 0 aliphatic rings. The molecule has 2 aromatic carbocycles. The lowest BCUT2D eigenvalue weighted by molar-refractivity contribution is 0.102. The average molecular weight is 347 g/mol. The third kappa shape index (κ3) is 2.59. The number of hydrogen-bond acceptors (Lipinski definition) is 3. The molecular formula is C15H11BrN2OS. The molecule has 3 aromatic rings. The summed E-state index contributed by atoms with van der Waals surface area (Å²) in [7, 11) is 0. The van der Waals surface area contributed by atoms with E-state index in [9.17, 15) is 4.79 Å². The van der Waals surface area contributed by atoms with Crippen LogP contribution in [0.2, 0.25) is 0 Å². The van der Waals surface area contributed by atoms with Gasteiger partial charge >= 0.3 is 0 Å². The SMILES string of the molecule is Cc1nc(C(=O)Nc2ccc3c(Br)cccc3c2)cs1. The van der Waals surface area contributed by atoms with Crippen molar-refractivity contribution in [2.24, 2.45) is 0 Å². The molecule has 20 heavy (non-hydrogen) atoms. The van der Waals surface area contributed by atoms with Gasteiger partial charge in [0.1, 0.15) is 5.69 Å². The molecule has 1 heterocycles. The van der Waals surface area contributed by atoms with Crippen LogP contribution in [0.25, 0.3) is 10.8 Å². The van der Waals surface area contributed by atoms with Crippen molar-refractivity contribution in [3.05, 3.63) is 57.0 Å². The van der Waals surface area contributed by atoms with E-state index in [-0.39, 0.29) is 5.91 Å². The minimum atomic E-state index is -0.177. The molecule has 0 saturated heterocycles. The van der Waals surface area contributed by atoms with E-state index < -0.39 is 0 Å². The van der Waals surface area contributed by atoms with Gasteiger partial charge in [-0.25, -0.2) is 4.98 Å². The second kappa shape index (κ2) is 5.34. The zero-order valence-electron chi connectivity index (χ0n) is 10.7. The second-order valence-corrected chi connectivity index (χ2v) is 6.30. The number of thiazole rings is 1. The largest absolute Gasteiger partial charge is 0.321 e. The molecule has 0 aliphatic carbocycles. The monoisotopic (exact) mass is 346 g/mol. The summed E-state index contributed by atoms with van der Waals surface area (Å²) in [4.78, 5) is 16.2. The van der Waals surface area contributed by atoms with Crippen molar-refractivity contribution in [1.29, 1.82) is 0 Å². The van der Waals surface area contributed by atoms with E-state index in [1.54, 1.807) is 5.38 Å². The molecule has 3 rings (SSSR count). The molecule has 5 heteroatoms. The van der Waals surface area contributed by atoms with Gasteiger partial charge in [-0.1, -0.05) is 34.1 Å². The van der Waals surface area contributed by atoms with Gasteiger partial charge in [-0.05, 0) is 35.9 Å². The topological polar surface area (TPSA) is 42.0 Å². The summed E-state index contributed by atoms with van der Waals surface area (Å²) in [6.07, 6.45) is 0. The number of anilines is 1. The van der Waals surface area contributed by atoms with E-state index in [0.717, 1.165) is 25.9 Å². The van der Waals surface area contributed by atoms with Crippen molar-refractivity contribution < 1.29 is 4.79 Å². The highest BCUT2D eigenvalue weighted by atomic mass is 79.9. The van der Waals surface area contributed by atoms with Crippen LogP contribution in [0.5, 0.6) is 0 Å². The van der Waals surface area contributed by atoms with Crippen LogP contribution in [0.3, 0.4) is 0 Å². The molecule has 0 unspecified atom stereocenters. The van der Waals surface area contributed by atoms with Gasteiger partial charge in [-0.2, -0.15) is 0 Å². The summed E-state index contributed by atoms with van der Waals surface area (Å²) in [5.41, 5.74) is 1.23. The maximum Gasteiger partial charge on any atom is 0.275 e. The van der Waals surface area contributed by atoms with Crippen LogP contribution in [-0.2, 0) is 0 Å². The molecule has 1 aromatic heterocycles. The number of hydrogen-bond donors (Lipinski definition) is 1. The second-order valence-electron chi connectivity index (χ2n) is 4.38. The Bertz CT molecular complexity index is 797. The lowest BCUT2D eigenvalue weighted by Crippen LogP contribution is -2.12. The Hall–Kier alpha value is -1.72. The molecule has 0 fully saturated rings. The van der Waals surface area contributed by atoms with E-state index in [1.807, 2.05) is 43.3 Å². The van der Waals surface area contributed by atoms with Gasteiger partial charge < -0.3 is 5.32 Å². The van der Waals surface area contributed by atoms with Gasteiger partial charge in [0.05, 0.1) is 5.01 Å². The molecule has 0 bridgehead atoms. The zero-order valence-corrected chi connectivity index (χ0v) is 13.1. The smallest absolute Gasteiger partial charge is 0.275 e. The fourth-order valence-corrected chi connectivity index (χ4v) is 3.09. The number of fused-ring (bicyclic) bond motifs is 1. The quantitative estimate of drug-likeness (QED) is 0.735. The fraction of sp³-hybridized carbons (Fsp3) is 0.0667. The Morgan fingerprint density at radius 2 is 2.15 bits per heavy atom.